The number of hydrogen-bond donors (Lipinski definition) is 6. The van der Waals surface area contributed by atoms with Gasteiger partial charge in [-0.05, 0) is 32.1 Å². The van der Waals surface area contributed by atoms with Crippen molar-refractivity contribution < 1.29 is 29.4 Å². The number of rotatable bonds is 11. The normalized spacial score (nSPS) is 19.6. The van der Waals surface area contributed by atoms with Crippen LogP contribution in [0.25, 0.3) is 0 Å². The number of amides is 3. The van der Waals surface area contributed by atoms with E-state index in [4.69, 9.17) is 5.73 Å². The highest BCUT2D eigenvalue weighted by Crippen LogP contribution is 2.20. The van der Waals surface area contributed by atoms with E-state index in [1.54, 1.807) is 0 Å². The number of aliphatic carboxylic acids is 1. The zero-order valence-electron chi connectivity index (χ0n) is 19.2. The fourth-order valence-corrected chi connectivity index (χ4v) is 3.77. The van der Waals surface area contributed by atoms with Crippen molar-refractivity contribution >= 4 is 23.7 Å². The van der Waals surface area contributed by atoms with Crippen LogP contribution < -0.4 is 16.4 Å². The first-order chi connectivity index (χ1) is 15.5. The molecule has 184 valence electrons. The maximum atomic E-state index is 13.4. The van der Waals surface area contributed by atoms with Crippen LogP contribution in [0.4, 0.5) is 0 Å². The molecule has 1 fully saturated rings. The highest BCUT2D eigenvalue weighted by atomic mass is 16.4. The predicted molar refractivity (Wildman–Crippen MR) is 118 cm³/mol. The Morgan fingerprint density at radius 1 is 1.24 bits per heavy atom. The Bertz CT molecular complexity index is 827. The highest BCUT2D eigenvalue weighted by Gasteiger charge is 2.39. The minimum absolute atomic E-state index is 0.0554. The fourth-order valence-electron chi connectivity index (χ4n) is 3.77. The largest absolute Gasteiger partial charge is 0.480 e. The molecule has 5 unspecified atom stereocenters. The van der Waals surface area contributed by atoms with Crippen molar-refractivity contribution in [3.05, 3.63) is 18.2 Å². The van der Waals surface area contributed by atoms with Crippen LogP contribution in [0.2, 0.25) is 0 Å². The summed E-state index contributed by atoms with van der Waals surface area (Å²) in [5.41, 5.74) is 6.29. The van der Waals surface area contributed by atoms with Crippen molar-refractivity contribution in [2.45, 2.75) is 76.7 Å². The van der Waals surface area contributed by atoms with Crippen molar-refractivity contribution in [1.82, 2.24) is 25.5 Å². The quantitative estimate of drug-likeness (QED) is 0.233. The number of aliphatic hydroxyl groups is 1. The Morgan fingerprint density at radius 2 is 1.94 bits per heavy atom. The lowest BCUT2D eigenvalue weighted by Gasteiger charge is -2.30. The SMILES string of the molecule is CC(C)CC(NC(=O)C1CCCN1C(=O)C(Cc1cnc[nH]1)NC(=O)C(N)C(C)O)C(=O)O. The van der Waals surface area contributed by atoms with Gasteiger partial charge in [0.1, 0.15) is 24.2 Å². The van der Waals surface area contributed by atoms with Crippen LogP contribution in [0.15, 0.2) is 12.5 Å². The molecule has 5 atom stereocenters. The van der Waals surface area contributed by atoms with Gasteiger partial charge in [-0.15, -0.1) is 0 Å². The third-order valence-electron chi connectivity index (χ3n) is 5.58. The summed E-state index contributed by atoms with van der Waals surface area (Å²) in [6, 6.07) is -4.19. The molecule has 3 amide bonds. The van der Waals surface area contributed by atoms with Gasteiger partial charge in [-0.2, -0.15) is 0 Å². The highest BCUT2D eigenvalue weighted by molar-refractivity contribution is 5.94. The number of carbonyl (C=O) groups excluding carboxylic acids is 3. The fraction of sp³-hybridized carbons (Fsp3) is 0.667. The average molecular weight is 467 g/mol. The van der Waals surface area contributed by atoms with Gasteiger partial charge in [0.25, 0.3) is 0 Å². The summed E-state index contributed by atoms with van der Waals surface area (Å²) >= 11 is 0. The Kier molecular flexibility index (Phi) is 9.35. The topological polar surface area (TPSA) is 191 Å². The summed E-state index contributed by atoms with van der Waals surface area (Å²) in [6.07, 6.45) is 3.11. The summed E-state index contributed by atoms with van der Waals surface area (Å²) in [6.45, 7) is 5.37. The molecule has 0 bridgehead atoms. The number of aliphatic hydroxyl groups excluding tert-OH is 1. The molecule has 0 spiro atoms. The number of carbonyl (C=O) groups is 4. The van der Waals surface area contributed by atoms with Gasteiger partial charge in [0.2, 0.25) is 17.7 Å². The predicted octanol–water partition coefficient (Wildman–Crippen LogP) is -1.25. The van der Waals surface area contributed by atoms with Crippen LogP contribution in [-0.4, -0.2) is 85.6 Å². The van der Waals surface area contributed by atoms with Crippen molar-refractivity contribution in [2.75, 3.05) is 6.54 Å². The van der Waals surface area contributed by atoms with E-state index in [0.29, 0.717) is 18.5 Å². The molecule has 1 aromatic heterocycles. The number of aromatic nitrogens is 2. The Balaban J connectivity index is 2.18. The molecular formula is C21H34N6O6. The van der Waals surface area contributed by atoms with E-state index in [1.807, 2.05) is 13.8 Å². The van der Waals surface area contributed by atoms with Crippen LogP contribution in [0, 0.1) is 5.92 Å². The number of imidazole rings is 1. The average Bonchev–Trinajstić information content (AvgIpc) is 3.43. The summed E-state index contributed by atoms with van der Waals surface area (Å²) in [4.78, 5) is 58.4. The van der Waals surface area contributed by atoms with Gasteiger partial charge in [-0.3, -0.25) is 14.4 Å². The van der Waals surface area contributed by atoms with Crippen LogP contribution in [0.5, 0.6) is 0 Å². The number of carboxylic acid groups (broad SMARTS) is 1. The third kappa shape index (κ3) is 7.26. The molecule has 1 aliphatic rings. The zero-order valence-corrected chi connectivity index (χ0v) is 19.2. The van der Waals surface area contributed by atoms with Gasteiger partial charge < -0.3 is 36.5 Å². The summed E-state index contributed by atoms with van der Waals surface area (Å²) in [5.74, 6) is -2.82. The number of nitrogens with two attached hydrogens (primary N) is 1. The van der Waals surface area contributed by atoms with E-state index in [9.17, 15) is 29.4 Å². The van der Waals surface area contributed by atoms with Crippen LogP contribution in [0.3, 0.4) is 0 Å². The Hall–Kier alpha value is -2.99. The van der Waals surface area contributed by atoms with Crippen molar-refractivity contribution in [3.8, 4) is 0 Å². The van der Waals surface area contributed by atoms with E-state index in [-0.39, 0.29) is 25.3 Å². The molecule has 1 saturated heterocycles. The van der Waals surface area contributed by atoms with E-state index >= 15 is 0 Å². The van der Waals surface area contributed by atoms with E-state index < -0.39 is 54.0 Å². The lowest BCUT2D eigenvalue weighted by Crippen LogP contribution is -2.58. The van der Waals surface area contributed by atoms with Crippen LogP contribution in [-0.2, 0) is 25.6 Å². The smallest absolute Gasteiger partial charge is 0.326 e. The van der Waals surface area contributed by atoms with Gasteiger partial charge in [0.05, 0.1) is 12.4 Å². The molecule has 2 heterocycles. The second kappa shape index (κ2) is 11.8. The number of nitrogens with zero attached hydrogens (tertiary/aromatic N) is 2. The molecule has 33 heavy (non-hydrogen) atoms. The lowest BCUT2D eigenvalue weighted by atomic mass is 10.0. The summed E-state index contributed by atoms with van der Waals surface area (Å²) in [7, 11) is 0. The van der Waals surface area contributed by atoms with E-state index in [1.165, 1.54) is 24.3 Å². The maximum Gasteiger partial charge on any atom is 0.326 e. The monoisotopic (exact) mass is 466 g/mol. The molecule has 0 radical (unpaired) electrons. The number of aromatic amines is 1. The Labute approximate surface area is 192 Å². The van der Waals surface area contributed by atoms with Crippen molar-refractivity contribution in [1.29, 1.82) is 0 Å². The molecular weight excluding hydrogens is 432 g/mol. The lowest BCUT2D eigenvalue weighted by molar-refractivity contribution is -0.145. The summed E-state index contributed by atoms with van der Waals surface area (Å²) in [5, 5.41) is 24.2. The van der Waals surface area contributed by atoms with Crippen molar-refractivity contribution in [2.24, 2.45) is 11.7 Å². The molecule has 12 heteroatoms. The van der Waals surface area contributed by atoms with Gasteiger partial charge >= 0.3 is 5.97 Å². The summed E-state index contributed by atoms with van der Waals surface area (Å²) < 4.78 is 0. The molecule has 2 rings (SSSR count). The minimum atomic E-state index is -1.23. The van der Waals surface area contributed by atoms with Crippen molar-refractivity contribution in [3.63, 3.8) is 0 Å². The second-order valence-electron chi connectivity index (χ2n) is 8.83. The molecule has 1 aromatic rings. The number of H-pyrrole nitrogens is 1. The molecule has 0 aliphatic carbocycles. The van der Waals surface area contributed by atoms with E-state index in [0.717, 1.165) is 0 Å². The number of nitrogens with one attached hydrogen (secondary N) is 3. The van der Waals surface area contributed by atoms with Gasteiger partial charge in [0.15, 0.2) is 0 Å². The van der Waals surface area contributed by atoms with Gasteiger partial charge in [0, 0.05) is 24.9 Å². The zero-order chi connectivity index (χ0) is 24.7. The first kappa shape index (κ1) is 26.3. The first-order valence-corrected chi connectivity index (χ1v) is 11.1. The molecule has 12 nitrogen and oxygen atoms in total. The second-order valence-corrected chi connectivity index (χ2v) is 8.83. The first-order valence-electron chi connectivity index (χ1n) is 11.1. The molecule has 0 saturated carbocycles. The van der Waals surface area contributed by atoms with Gasteiger partial charge in [-0.25, -0.2) is 9.78 Å². The third-order valence-corrected chi connectivity index (χ3v) is 5.58. The standard InChI is InChI=1S/C21H34N6O6/c1-11(2)7-15(21(32)33)26-18(29)16-5-4-6-27(16)20(31)14(8-13-9-23-10-24-13)25-19(30)17(22)12(3)28/h9-12,14-17,28H,4-8,22H2,1-3H3,(H,23,24)(H,25,30)(H,26,29)(H,32,33). The number of carboxylic acids is 1. The maximum absolute atomic E-state index is 13.4. The molecule has 0 aromatic carbocycles. The molecule has 7 N–H and O–H groups in total. The van der Waals surface area contributed by atoms with Gasteiger partial charge in [-0.1, -0.05) is 13.8 Å². The van der Waals surface area contributed by atoms with Crippen LogP contribution >= 0.6 is 0 Å². The minimum Gasteiger partial charge on any atom is -0.480 e. The van der Waals surface area contributed by atoms with Crippen LogP contribution in [0.1, 0.15) is 45.7 Å². The number of hydrogen-bond acceptors (Lipinski definition) is 7. The Morgan fingerprint density at radius 3 is 2.48 bits per heavy atom. The number of likely N-dealkylation sites (tertiary alicyclic amines) is 1. The van der Waals surface area contributed by atoms with E-state index in [2.05, 4.69) is 20.6 Å². The molecule has 1 aliphatic heterocycles.